The minimum absolute atomic E-state index is 0.0812. The molecule has 1 rings (SSSR count). The number of carboxylic acid groups (broad SMARTS) is 1. The summed E-state index contributed by atoms with van der Waals surface area (Å²) in [7, 11) is 0. The first kappa shape index (κ1) is 15.9. The first-order chi connectivity index (χ1) is 9.40. The molecular weight excluding hydrogens is 264 g/mol. The van der Waals surface area contributed by atoms with Crippen LogP contribution in [0.5, 0.6) is 0 Å². The van der Waals surface area contributed by atoms with Crippen molar-refractivity contribution in [1.82, 2.24) is 9.78 Å². The molecule has 1 unspecified atom stereocenters. The van der Waals surface area contributed by atoms with Crippen molar-refractivity contribution >= 4 is 17.5 Å². The van der Waals surface area contributed by atoms with Crippen molar-refractivity contribution in [1.29, 1.82) is 0 Å². The summed E-state index contributed by atoms with van der Waals surface area (Å²) in [6.07, 6.45) is 1.24. The zero-order chi connectivity index (χ0) is 15.3. The van der Waals surface area contributed by atoms with Crippen LogP contribution in [0.1, 0.15) is 38.8 Å². The quantitative estimate of drug-likeness (QED) is 0.559. The van der Waals surface area contributed by atoms with E-state index in [-0.39, 0.29) is 18.2 Å². The van der Waals surface area contributed by atoms with Gasteiger partial charge in [-0.15, -0.1) is 0 Å². The Balaban J connectivity index is 3.12. The molecule has 1 heterocycles. The lowest BCUT2D eigenvalue weighted by Crippen LogP contribution is -2.24. The van der Waals surface area contributed by atoms with Gasteiger partial charge in [-0.2, -0.15) is 5.10 Å². The van der Waals surface area contributed by atoms with Crippen LogP contribution in [-0.2, 0) is 11.3 Å². The van der Waals surface area contributed by atoms with Crippen molar-refractivity contribution in [2.45, 2.75) is 52.6 Å². The molecule has 1 atom stereocenters. The summed E-state index contributed by atoms with van der Waals surface area (Å²) in [6.45, 7) is 5.90. The van der Waals surface area contributed by atoms with Gasteiger partial charge in [-0.25, -0.2) is 4.68 Å². The van der Waals surface area contributed by atoms with Crippen molar-refractivity contribution < 1.29 is 14.8 Å². The molecule has 0 aliphatic heterocycles. The average molecular weight is 284 g/mol. The highest BCUT2D eigenvalue weighted by atomic mass is 16.6. The SMILES string of the molecule is CCCn1nc(C)c([N+](=O)[O-])c1NC(CC)CC(=O)O. The van der Waals surface area contributed by atoms with E-state index in [2.05, 4.69) is 10.4 Å². The number of aromatic nitrogens is 2. The van der Waals surface area contributed by atoms with Crippen LogP contribution in [-0.4, -0.2) is 31.8 Å². The normalized spacial score (nSPS) is 12.2. The summed E-state index contributed by atoms with van der Waals surface area (Å²) < 4.78 is 1.54. The van der Waals surface area contributed by atoms with E-state index in [0.717, 1.165) is 6.42 Å². The molecule has 2 N–H and O–H groups in total. The van der Waals surface area contributed by atoms with Crippen LogP contribution in [0.15, 0.2) is 0 Å². The zero-order valence-electron chi connectivity index (χ0n) is 11.9. The molecule has 1 aromatic heterocycles. The van der Waals surface area contributed by atoms with Crippen LogP contribution in [0.4, 0.5) is 11.5 Å². The third-order valence-corrected chi connectivity index (χ3v) is 2.97. The van der Waals surface area contributed by atoms with E-state index in [4.69, 9.17) is 5.11 Å². The second kappa shape index (κ2) is 6.88. The summed E-state index contributed by atoms with van der Waals surface area (Å²) in [4.78, 5) is 21.5. The van der Waals surface area contributed by atoms with Crippen molar-refractivity contribution in [2.24, 2.45) is 0 Å². The molecule has 20 heavy (non-hydrogen) atoms. The van der Waals surface area contributed by atoms with Gasteiger partial charge >= 0.3 is 11.7 Å². The topological polar surface area (TPSA) is 110 Å². The second-order valence-corrected chi connectivity index (χ2v) is 4.61. The van der Waals surface area contributed by atoms with E-state index in [0.29, 0.717) is 24.5 Å². The van der Waals surface area contributed by atoms with Gasteiger partial charge in [0.2, 0.25) is 5.82 Å². The summed E-state index contributed by atoms with van der Waals surface area (Å²) in [5.41, 5.74) is 0.249. The highest BCUT2D eigenvalue weighted by molar-refractivity contribution is 5.69. The molecule has 0 bridgehead atoms. The number of nitrogens with zero attached hydrogens (tertiary/aromatic N) is 3. The lowest BCUT2D eigenvalue weighted by atomic mass is 10.1. The Labute approximate surface area is 116 Å². The van der Waals surface area contributed by atoms with Crippen LogP contribution >= 0.6 is 0 Å². The minimum Gasteiger partial charge on any atom is -0.481 e. The standard InChI is InChI=1S/C12H20N4O4/c1-4-6-15-12(11(16(19)20)8(3)14-15)13-9(5-2)7-10(17)18/h9,13H,4-7H2,1-3H3,(H,17,18). The average Bonchev–Trinajstić information content (AvgIpc) is 2.64. The van der Waals surface area contributed by atoms with Gasteiger partial charge in [-0.05, 0) is 19.8 Å². The fourth-order valence-electron chi connectivity index (χ4n) is 2.01. The van der Waals surface area contributed by atoms with E-state index in [1.54, 1.807) is 6.92 Å². The molecule has 0 saturated carbocycles. The maximum atomic E-state index is 11.1. The third kappa shape index (κ3) is 3.69. The number of carboxylic acids is 1. The van der Waals surface area contributed by atoms with E-state index < -0.39 is 10.9 Å². The largest absolute Gasteiger partial charge is 0.481 e. The molecule has 0 spiro atoms. The second-order valence-electron chi connectivity index (χ2n) is 4.61. The summed E-state index contributed by atoms with van der Waals surface area (Å²) in [5, 5.41) is 27.1. The molecule has 1 aromatic rings. The van der Waals surface area contributed by atoms with E-state index >= 15 is 0 Å². The molecule has 0 aliphatic rings. The number of nitrogens with one attached hydrogen (secondary N) is 1. The van der Waals surface area contributed by atoms with Crippen LogP contribution in [0.2, 0.25) is 0 Å². The predicted octanol–water partition coefficient (Wildman–Crippen LogP) is 2.17. The van der Waals surface area contributed by atoms with Crippen molar-refractivity contribution in [3.8, 4) is 0 Å². The lowest BCUT2D eigenvalue weighted by Gasteiger charge is -2.16. The molecule has 0 aromatic carbocycles. The number of hydrogen-bond donors (Lipinski definition) is 2. The Kier molecular flexibility index (Phi) is 5.48. The van der Waals surface area contributed by atoms with Gasteiger partial charge in [0.05, 0.1) is 11.3 Å². The molecule has 0 aliphatic carbocycles. The highest BCUT2D eigenvalue weighted by Gasteiger charge is 2.27. The van der Waals surface area contributed by atoms with Gasteiger partial charge in [0.25, 0.3) is 0 Å². The van der Waals surface area contributed by atoms with Gasteiger partial charge in [0, 0.05) is 12.6 Å². The monoisotopic (exact) mass is 284 g/mol. The molecule has 8 heteroatoms. The number of rotatable bonds is 8. The molecular formula is C12H20N4O4. The van der Waals surface area contributed by atoms with Gasteiger partial charge in [0.15, 0.2) is 0 Å². The first-order valence-electron chi connectivity index (χ1n) is 6.60. The number of hydrogen-bond acceptors (Lipinski definition) is 5. The maximum Gasteiger partial charge on any atom is 0.333 e. The molecule has 0 fully saturated rings. The van der Waals surface area contributed by atoms with Gasteiger partial charge in [-0.3, -0.25) is 14.9 Å². The van der Waals surface area contributed by atoms with Crippen LogP contribution in [0, 0.1) is 17.0 Å². The Bertz CT molecular complexity index is 498. The van der Waals surface area contributed by atoms with Gasteiger partial charge in [0.1, 0.15) is 5.69 Å². The Morgan fingerprint density at radius 1 is 1.55 bits per heavy atom. The van der Waals surface area contributed by atoms with Gasteiger partial charge in [-0.1, -0.05) is 13.8 Å². The fraction of sp³-hybridized carbons (Fsp3) is 0.667. The van der Waals surface area contributed by atoms with Crippen LogP contribution < -0.4 is 5.32 Å². The van der Waals surface area contributed by atoms with Crippen molar-refractivity contribution in [2.75, 3.05) is 5.32 Å². The lowest BCUT2D eigenvalue weighted by molar-refractivity contribution is -0.384. The molecule has 0 radical (unpaired) electrons. The van der Waals surface area contributed by atoms with Gasteiger partial charge < -0.3 is 10.4 Å². The molecule has 0 amide bonds. The Morgan fingerprint density at radius 3 is 2.65 bits per heavy atom. The zero-order valence-corrected chi connectivity index (χ0v) is 11.9. The number of aliphatic carboxylic acids is 1. The van der Waals surface area contributed by atoms with E-state index in [1.807, 2.05) is 13.8 Å². The Hall–Kier alpha value is -2.12. The Morgan fingerprint density at radius 2 is 2.20 bits per heavy atom. The molecule has 8 nitrogen and oxygen atoms in total. The predicted molar refractivity (Wildman–Crippen MR) is 73.9 cm³/mol. The number of anilines is 1. The van der Waals surface area contributed by atoms with Crippen molar-refractivity contribution in [3.63, 3.8) is 0 Å². The number of aryl methyl sites for hydroxylation is 2. The van der Waals surface area contributed by atoms with E-state index in [9.17, 15) is 14.9 Å². The summed E-state index contributed by atoms with van der Waals surface area (Å²) >= 11 is 0. The molecule has 112 valence electrons. The molecule has 0 saturated heterocycles. The number of carbonyl (C=O) groups is 1. The smallest absolute Gasteiger partial charge is 0.333 e. The third-order valence-electron chi connectivity index (χ3n) is 2.97. The summed E-state index contributed by atoms with van der Waals surface area (Å²) in [5.74, 6) is -0.646. The number of nitro groups is 1. The summed E-state index contributed by atoms with van der Waals surface area (Å²) in [6, 6.07) is -0.363. The van der Waals surface area contributed by atoms with Crippen LogP contribution in [0.3, 0.4) is 0 Å². The fourth-order valence-corrected chi connectivity index (χ4v) is 2.01. The minimum atomic E-state index is -0.940. The van der Waals surface area contributed by atoms with Crippen LogP contribution in [0.25, 0.3) is 0 Å². The first-order valence-corrected chi connectivity index (χ1v) is 6.60. The van der Waals surface area contributed by atoms with Crippen molar-refractivity contribution in [3.05, 3.63) is 15.8 Å². The highest BCUT2D eigenvalue weighted by Crippen LogP contribution is 2.29. The van der Waals surface area contributed by atoms with E-state index in [1.165, 1.54) is 4.68 Å². The maximum absolute atomic E-state index is 11.1.